The molecule has 142 valence electrons. The number of hydrogen-bond donors (Lipinski definition) is 2. The van der Waals surface area contributed by atoms with E-state index in [4.69, 9.17) is 10.5 Å². The number of benzene rings is 2. The number of ether oxygens (including phenoxy) is 1. The van der Waals surface area contributed by atoms with Crippen molar-refractivity contribution in [3.05, 3.63) is 71.8 Å². The Morgan fingerprint density at radius 2 is 1.59 bits per heavy atom. The van der Waals surface area contributed by atoms with E-state index in [0.29, 0.717) is 6.54 Å². The maximum Gasteiger partial charge on any atom is 0.248 e. The van der Waals surface area contributed by atoms with Crippen LogP contribution in [0.1, 0.15) is 23.7 Å². The molecule has 0 bridgehead atoms. The van der Waals surface area contributed by atoms with E-state index in [9.17, 15) is 14.7 Å². The lowest BCUT2D eigenvalue weighted by atomic mass is 10.0. The molecule has 0 aromatic heterocycles. The second-order valence-corrected chi connectivity index (χ2v) is 6.81. The Kier molecular flexibility index (Phi) is 6.21. The predicted molar refractivity (Wildman–Crippen MR) is 101 cm³/mol. The minimum absolute atomic E-state index is 0.0719. The molecular formula is C21H24N2O4. The van der Waals surface area contributed by atoms with Gasteiger partial charge in [-0.2, -0.15) is 0 Å². The number of aliphatic hydroxyl groups excluding tert-OH is 1. The molecule has 27 heavy (non-hydrogen) atoms. The van der Waals surface area contributed by atoms with E-state index in [1.165, 1.54) is 4.90 Å². The number of nitrogens with zero attached hydrogens (tertiary/aromatic N) is 1. The third-order valence-corrected chi connectivity index (χ3v) is 4.80. The second-order valence-electron chi connectivity index (χ2n) is 6.81. The lowest BCUT2D eigenvalue weighted by molar-refractivity contribution is -0.137. The van der Waals surface area contributed by atoms with Crippen LogP contribution in [0, 0.1) is 5.92 Å². The molecule has 0 unspecified atom stereocenters. The highest BCUT2D eigenvalue weighted by molar-refractivity contribution is 5.78. The Labute approximate surface area is 158 Å². The van der Waals surface area contributed by atoms with Gasteiger partial charge in [0.2, 0.25) is 11.8 Å². The number of β-amino-alcohol motifs (C(OH)–C–C–N with tert-alkyl or cyclic N) is 1. The Morgan fingerprint density at radius 1 is 1.04 bits per heavy atom. The average molecular weight is 368 g/mol. The lowest BCUT2D eigenvalue weighted by Gasteiger charge is -2.21. The van der Waals surface area contributed by atoms with E-state index in [1.807, 2.05) is 60.7 Å². The van der Waals surface area contributed by atoms with Crippen LogP contribution in [0.25, 0.3) is 0 Å². The van der Waals surface area contributed by atoms with Crippen molar-refractivity contribution < 1.29 is 19.4 Å². The van der Waals surface area contributed by atoms with Crippen molar-refractivity contribution in [2.45, 2.75) is 18.6 Å². The van der Waals surface area contributed by atoms with Crippen LogP contribution in [0.15, 0.2) is 60.7 Å². The van der Waals surface area contributed by atoms with Crippen LogP contribution in [0.5, 0.6) is 0 Å². The number of primary amides is 1. The minimum Gasteiger partial charge on any atom is -0.391 e. The fraction of sp³-hybridized carbons (Fsp3) is 0.333. The number of likely N-dealkylation sites (tertiary alicyclic amines) is 1. The summed E-state index contributed by atoms with van der Waals surface area (Å²) in [7, 11) is 0. The van der Waals surface area contributed by atoms with Gasteiger partial charge < -0.3 is 20.5 Å². The molecule has 6 heteroatoms. The number of hydrogen-bond acceptors (Lipinski definition) is 4. The molecule has 6 nitrogen and oxygen atoms in total. The third kappa shape index (κ3) is 4.93. The first kappa shape index (κ1) is 19.1. The topological polar surface area (TPSA) is 92.9 Å². The predicted octanol–water partition coefficient (Wildman–Crippen LogP) is 1.49. The van der Waals surface area contributed by atoms with Gasteiger partial charge >= 0.3 is 0 Å². The van der Waals surface area contributed by atoms with Gasteiger partial charge in [-0.3, -0.25) is 9.59 Å². The molecule has 0 spiro atoms. The number of nitrogens with two attached hydrogens (primary N) is 1. The maximum absolute atomic E-state index is 12.6. The summed E-state index contributed by atoms with van der Waals surface area (Å²) < 4.78 is 5.98. The quantitative estimate of drug-likeness (QED) is 0.774. The Balaban J connectivity index is 1.66. The molecular weight excluding hydrogens is 344 g/mol. The summed E-state index contributed by atoms with van der Waals surface area (Å²) in [5, 5.41) is 10.0. The van der Waals surface area contributed by atoms with Crippen molar-refractivity contribution in [1.29, 1.82) is 0 Å². The first-order chi connectivity index (χ1) is 13.0. The largest absolute Gasteiger partial charge is 0.391 e. The zero-order valence-corrected chi connectivity index (χ0v) is 15.0. The van der Waals surface area contributed by atoms with Gasteiger partial charge in [-0.1, -0.05) is 60.7 Å². The molecule has 3 N–H and O–H groups in total. The summed E-state index contributed by atoms with van der Waals surface area (Å²) in [6.45, 7) is 0.402. The monoisotopic (exact) mass is 368 g/mol. The van der Waals surface area contributed by atoms with Crippen molar-refractivity contribution in [2.24, 2.45) is 11.7 Å². The molecule has 1 aliphatic rings. The van der Waals surface area contributed by atoms with Crippen LogP contribution in [0.4, 0.5) is 0 Å². The van der Waals surface area contributed by atoms with Crippen LogP contribution in [0.2, 0.25) is 0 Å². The van der Waals surface area contributed by atoms with Gasteiger partial charge in [0.1, 0.15) is 12.7 Å². The van der Waals surface area contributed by atoms with Crippen LogP contribution >= 0.6 is 0 Å². The van der Waals surface area contributed by atoms with E-state index in [-0.39, 0.29) is 37.5 Å². The standard InChI is InChI=1S/C21H24N2O4/c22-19(25)11-17-12-23(13-18(17)24)20(26)14-27-21(15-7-3-1-4-8-15)16-9-5-2-6-10-16/h1-10,17-18,21,24H,11-14H2,(H2,22,25)/t17-,18-/m1/s1. The summed E-state index contributed by atoms with van der Waals surface area (Å²) in [6, 6.07) is 19.4. The van der Waals surface area contributed by atoms with Gasteiger partial charge in [0.05, 0.1) is 6.10 Å². The average Bonchev–Trinajstić information content (AvgIpc) is 3.03. The van der Waals surface area contributed by atoms with Crippen LogP contribution < -0.4 is 5.73 Å². The lowest BCUT2D eigenvalue weighted by Crippen LogP contribution is -2.33. The summed E-state index contributed by atoms with van der Waals surface area (Å²) in [5.74, 6) is -0.999. The molecule has 2 amide bonds. The molecule has 1 saturated heterocycles. The molecule has 0 radical (unpaired) electrons. The molecule has 0 saturated carbocycles. The summed E-state index contributed by atoms with van der Waals surface area (Å²) >= 11 is 0. The number of carbonyl (C=O) groups excluding carboxylic acids is 2. The summed E-state index contributed by atoms with van der Waals surface area (Å²) in [4.78, 5) is 25.2. The number of carbonyl (C=O) groups is 2. The van der Waals surface area contributed by atoms with Crippen molar-refractivity contribution in [2.75, 3.05) is 19.7 Å². The number of aliphatic hydroxyl groups is 1. The zero-order valence-electron chi connectivity index (χ0n) is 15.0. The van der Waals surface area contributed by atoms with E-state index < -0.39 is 12.0 Å². The fourth-order valence-corrected chi connectivity index (χ4v) is 3.40. The number of rotatable bonds is 7. The smallest absolute Gasteiger partial charge is 0.248 e. The number of amides is 2. The zero-order chi connectivity index (χ0) is 19.2. The second kappa shape index (κ2) is 8.79. The normalized spacial score (nSPS) is 19.4. The Hall–Kier alpha value is -2.70. The van der Waals surface area contributed by atoms with Gasteiger partial charge in [-0.05, 0) is 11.1 Å². The van der Waals surface area contributed by atoms with Crippen molar-refractivity contribution in [3.8, 4) is 0 Å². The first-order valence-electron chi connectivity index (χ1n) is 9.00. The highest BCUT2D eigenvalue weighted by atomic mass is 16.5. The summed E-state index contributed by atoms with van der Waals surface area (Å²) in [5.41, 5.74) is 7.13. The van der Waals surface area contributed by atoms with Crippen LogP contribution in [-0.2, 0) is 14.3 Å². The summed E-state index contributed by atoms with van der Waals surface area (Å²) in [6.07, 6.45) is -1.02. The van der Waals surface area contributed by atoms with Crippen LogP contribution in [0.3, 0.4) is 0 Å². The van der Waals surface area contributed by atoms with Crippen molar-refractivity contribution in [3.63, 3.8) is 0 Å². The SMILES string of the molecule is NC(=O)C[C@@H]1CN(C(=O)COC(c2ccccc2)c2ccccc2)C[C@H]1O. The first-order valence-corrected chi connectivity index (χ1v) is 9.00. The molecule has 2 aromatic carbocycles. The molecule has 2 aromatic rings. The third-order valence-electron chi connectivity index (χ3n) is 4.80. The van der Waals surface area contributed by atoms with E-state index >= 15 is 0 Å². The Bertz CT molecular complexity index is 727. The fourth-order valence-electron chi connectivity index (χ4n) is 3.40. The van der Waals surface area contributed by atoms with Crippen molar-refractivity contribution in [1.82, 2.24) is 4.90 Å². The molecule has 1 fully saturated rings. The molecule has 3 rings (SSSR count). The highest BCUT2D eigenvalue weighted by Crippen LogP contribution is 2.26. The van der Waals surface area contributed by atoms with E-state index in [2.05, 4.69) is 0 Å². The molecule has 1 heterocycles. The van der Waals surface area contributed by atoms with Gasteiger partial charge in [0.25, 0.3) is 0 Å². The highest BCUT2D eigenvalue weighted by Gasteiger charge is 2.35. The Morgan fingerprint density at radius 3 is 2.11 bits per heavy atom. The van der Waals surface area contributed by atoms with Crippen molar-refractivity contribution >= 4 is 11.8 Å². The van der Waals surface area contributed by atoms with Gasteiger partial charge in [0, 0.05) is 25.4 Å². The van der Waals surface area contributed by atoms with E-state index in [0.717, 1.165) is 11.1 Å². The maximum atomic E-state index is 12.6. The molecule has 1 aliphatic heterocycles. The minimum atomic E-state index is -0.736. The van der Waals surface area contributed by atoms with Gasteiger partial charge in [-0.15, -0.1) is 0 Å². The molecule has 0 aliphatic carbocycles. The van der Waals surface area contributed by atoms with Crippen LogP contribution in [-0.4, -0.2) is 47.6 Å². The van der Waals surface area contributed by atoms with E-state index in [1.54, 1.807) is 0 Å². The van der Waals surface area contributed by atoms with Gasteiger partial charge in [0.15, 0.2) is 0 Å². The van der Waals surface area contributed by atoms with Gasteiger partial charge in [-0.25, -0.2) is 0 Å². The molecule has 2 atom stereocenters.